The summed E-state index contributed by atoms with van der Waals surface area (Å²) in [4.78, 5) is 8.96. The van der Waals surface area contributed by atoms with Gasteiger partial charge in [-0.2, -0.15) is 0 Å². The fourth-order valence-corrected chi connectivity index (χ4v) is 2.92. The van der Waals surface area contributed by atoms with Gasteiger partial charge in [0.15, 0.2) is 5.13 Å². The van der Waals surface area contributed by atoms with Crippen LogP contribution in [0.2, 0.25) is 0 Å². The Kier molecular flexibility index (Phi) is 7.22. The second-order valence-electron chi connectivity index (χ2n) is 4.90. The van der Waals surface area contributed by atoms with Gasteiger partial charge in [-0.25, -0.2) is 4.98 Å². The minimum absolute atomic E-state index is 0. The van der Waals surface area contributed by atoms with Crippen LogP contribution in [-0.4, -0.2) is 50.2 Å². The Morgan fingerprint density at radius 2 is 1.90 bits per heavy atom. The highest BCUT2D eigenvalue weighted by Crippen LogP contribution is 2.30. The van der Waals surface area contributed by atoms with E-state index in [-0.39, 0.29) is 12.4 Å². The topological polar surface area (TPSA) is 28.6 Å². The van der Waals surface area contributed by atoms with Crippen LogP contribution in [0, 0.1) is 0 Å². The van der Waals surface area contributed by atoms with Gasteiger partial charge in [0.05, 0.1) is 10.2 Å². The number of ether oxygens (including phenoxy) is 1. The van der Waals surface area contributed by atoms with Crippen LogP contribution in [0.25, 0.3) is 10.2 Å². The molecule has 0 saturated heterocycles. The number of halogens is 1. The lowest BCUT2D eigenvalue weighted by molar-refractivity contribution is 0.223. The summed E-state index contributed by atoms with van der Waals surface area (Å²) in [6, 6.07) is 6.12. The second kappa shape index (κ2) is 8.41. The summed E-state index contributed by atoms with van der Waals surface area (Å²) in [6.07, 6.45) is 0. The van der Waals surface area contributed by atoms with Crippen LogP contribution in [0.4, 0.5) is 5.13 Å². The molecule has 1 aromatic heterocycles. The number of nitrogens with zero attached hydrogens (tertiary/aromatic N) is 3. The Morgan fingerprint density at radius 3 is 2.52 bits per heavy atom. The summed E-state index contributed by atoms with van der Waals surface area (Å²) >= 11 is 1.69. The molecule has 1 heterocycles. The maximum Gasteiger partial charge on any atom is 0.185 e. The summed E-state index contributed by atoms with van der Waals surface area (Å²) in [6.45, 7) is 8.19. The van der Waals surface area contributed by atoms with Gasteiger partial charge >= 0.3 is 0 Å². The molecule has 0 spiro atoms. The Labute approximate surface area is 137 Å². The molecule has 118 valence electrons. The van der Waals surface area contributed by atoms with Crippen molar-refractivity contribution in [3.63, 3.8) is 0 Å². The maximum atomic E-state index is 5.84. The Balaban J connectivity index is 0.00000220. The van der Waals surface area contributed by atoms with Crippen LogP contribution in [-0.2, 0) is 0 Å². The zero-order valence-electron chi connectivity index (χ0n) is 13.1. The molecule has 0 aliphatic carbocycles. The number of likely N-dealkylation sites (N-methyl/N-ethyl adjacent to an activating group) is 1. The predicted molar refractivity (Wildman–Crippen MR) is 94.5 cm³/mol. The molecule has 0 bridgehead atoms. The highest BCUT2D eigenvalue weighted by molar-refractivity contribution is 7.22. The average molecular weight is 330 g/mol. The lowest BCUT2D eigenvalue weighted by atomic mass is 10.3. The van der Waals surface area contributed by atoms with Gasteiger partial charge < -0.3 is 14.5 Å². The van der Waals surface area contributed by atoms with E-state index in [0.29, 0.717) is 0 Å². The summed E-state index contributed by atoms with van der Waals surface area (Å²) in [7, 11) is 4.03. The fraction of sp³-hybridized carbons (Fsp3) is 0.533. The van der Waals surface area contributed by atoms with Gasteiger partial charge in [0.2, 0.25) is 0 Å². The van der Waals surface area contributed by atoms with Crippen molar-refractivity contribution in [2.75, 3.05) is 45.2 Å². The van der Waals surface area contributed by atoms with E-state index in [2.05, 4.69) is 29.8 Å². The van der Waals surface area contributed by atoms with Crippen molar-refractivity contribution in [2.24, 2.45) is 0 Å². The molecule has 2 rings (SSSR count). The number of rotatable bonds is 7. The van der Waals surface area contributed by atoms with Crippen molar-refractivity contribution < 1.29 is 4.74 Å². The van der Waals surface area contributed by atoms with Crippen molar-refractivity contribution in [1.82, 2.24) is 9.88 Å². The van der Waals surface area contributed by atoms with Crippen LogP contribution < -0.4 is 9.64 Å². The number of aromatic nitrogens is 1. The molecule has 0 aliphatic rings. The smallest absolute Gasteiger partial charge is 0.185 e. The van der Waals surface area contributed by atoms with E-state index in [4.69, 9.17) is 4.74 Å². The normalized spacial score (nSPS) is 10.7. The summed E-state index contributed by atoms with van der Waals surface area (Å²) in [5.41, 5.74) is 1.04. The molecule has 6 heteroatoms. The van der Waals surface area contributed by atoms with E-state index >= 15 is 0 Å². The summed E-state index contributed by atoms with van der Waals surface area (Å²) in [5, 5.41) is 1.03. The van der Waals surface area contributed by atoms with E-state index in [1.165, 1.54) is 4.70 Å². The van der Waals surface area contributed by atoms with Gasteiger partial charge in [-0.1, -0.05) is 25.2 Å². The molecule has 0 fully saturated rings. The van der Waals surface area contributed by atoms with E-state index in [9.17, 15) is 0 Å². The second-order valence-corrected chi connectivity index (χ2v) is 5.90. The lowest BCUT2D eigenvalue weighted by Crippen LogP contribution is -2.27. The van der Waals surface area contributed by atoms with Crippen molar-refractivity contribution in [2.45, 2.75) is 13.8 Å². The van der Waals surface area contributed by atoms with Crippen molar-refractivity contribution in [3.05, 3.63) is 18.2 Å². The monoisotopic (exact) mass is 329 g/mol. The zero-order valence-corrected chi connectivity index (χ0v) is 14.8. The standard InChI is InChI=1S/C15H23N3OS.ClH/c1-5-18(6-2)9-10-19-12-7-8-13-14(11-12)20-15(16-13)17(3)4;/h7-8,11H,5-6,9-10H2,1-4H3;1H. The number of thiazole rings is 1. The van der Waals surface area contributed by atoms with Crippen molar-refractivity contribution in [3.8, 4) is 5.75 Å². The van der Waals surface area contributed by atoms with Crippen molar-refractivity contribution >= 4 is 39.1 Å². The molecular weight excluding hydrogens is 306 g/mol. The molecule has 0 aliphatic heterocycles. The maximum absolute atomic E-state index is 5.84. The molecule has 0 amide bonds. The van der Waals surface area contributed by atoms with E-state index in [0.717, 1.165) is 42.6 Å². The largest absolute Gasteiger partial charge is 0.492 e. The minimum atomic E-state index is 0. The molecule has 0 atom stereocenters. The zero-order chi connectivity index (χ0) is 14.5. The quantitative estimate of drug-likeness (QED) is 0.777. The minimum Gasteiger partial charge on any atom is -0.492 e. The van der Waals surface area contributed by atoms with Crippen LogP contribution >= 0.6 is 23.7 Å². The first kappa shape index (κ1) is 18.0. The lowest BCUT2D eigenvalue weighted by Gasteiger charge is -2.17. The number of anilines is 1. The third-order valence-corrected chi connectivity index (χ3v) is 4.49. The number of hydrogen-bond donors (Lipinski definition) is 0. The molecule has 21 heavy (non-hydrogen) atoms. The van der Waals surface area contributed by atoms with Crippen molar-refractivity contribution in [1.29, 1.82) is 0 Å². The molecular formula is C15H24ClN3OS. The van der Waals surface area contributed by atoms with Gasteiger partial charge in [0.1, 0.15) is 12.4 Å². The first-order valence-electron chi connectivity index (χ1n) is 7.07. The van der Waals surface area contributed by atoms with Gasteiger partial charge in [0.25, 0.3) is 0 Å². The highest BCUT2D eigenvalue weighted by atomic mass is 35.5. The van der Waals surface area contributed by atoms with Gasteiger partial charge in [-0.3, -0.25) is 0 Å². The third kappa shape index (κ3) is 4.73. The first-order chi connectivity index (χ1) is 9.63. The molecule has 0 N–H and O–H groups in total. The predicted octanol–water partition coefficient (Wildman–Crippen LogP) is 3.50. The Bertz CT molecular complexity index is 555. The van der Waals surface area contributed by atoms with Gasteiger partial charge in [-0.05, 0) is 31.3 Å². The molecule has 0 saturated carbocycles. The first-order valence-corrected chi connectivity index (χ1v) is 7.88. The molecule has 2 aromatic rings. The number of benzene rings is 1. The summed E-state index contributed by atoms with van der Waals surface area (Å²) in [5.74, 6) is 0.929. The van der Waals surface area contributed by atoms with Crippen LogP contribution in [0.5, 0.6) is 5.75 Å². The Morgan fingerprint density at radius 1 is 1.19 bits per heavy atom. The van der Waals surface area contributed by atoms with E-state index in [1.807, 2.05) is 31.1 Å². The highest BCUT2D eigenvalue weighted by Gasteiger charge is 2.07. The van der Waals surface area contributed by atoms with Crippen LogP contribution in [0.3, 0.4) is 0 Å². The van der Waals surface area contributed by atoms with Gasteiger partial charge in [-0.15, -0.1) is 12.4 Å². The van der Waals surface area contributed by atoms with E-state index in [1.54, 1.807) is 11.3 Å². The molecule has 4 nitrogen and oxygen atoms in total. The fourth-order valence-electron chi connectivity index (χ4n) is 2.01. The van der Waals surface area contributed by atoms with Gasteiger partial charge in [0, 0.05) is 20.6 Å². The molecule has 0 radical (unpaired) electrons. The number of fused-ring (bicyclic) bond motifs is 1. The molecule has 0 unspecified atom stereocenters. The third-order valence-electron chi connectivity index (χ3n) is 3.30. The Hall–Kier alpha value is -1.04. The van der Waals surface area contributed by atoms with E-state index < -0.39 is 0 Å². The average Bonchev–Trinajstić information content (AvgIpc) is 2.87. The summed E-state index contributed by atoms with van der Waals surface area (Å²) < 4.78 is 7.02. The van der Waals surface area contributed by atoms with Crippen LogP contribution in [0.1, 0.15) is 13.8 Å². The SMILES string of the molecule is CCN(CC)CCOc1ccc2nc(N(C)C)sc2c1.Cl. The molecule has 1 aromatic carbocycles. The number of hydrogen-bond acceptors (Lipinski definition) is 5. The van der Waals surface area contributed by atoms with Crippen LogP contribution in [0.15, 0.2) is 18.2 Å².